The van der Waals surface area contributed by atoms with Crippen molar-refractivity contribution in [3.05, 3.63) is 89.7 Å². The molecule has 0 amide bonds. The highest BCUT2D eigenvalue weighted by molar-refractivity contribution is 5.39. The van der Waals surface area contributed by atoms with Crippen molar-refractivity contribution in [3.8, 4) is 11.5 Å². The maximum atomic E-state index is 5.85. The number of fused-ring (bicyclic) bond motifs is 1. The molecule has 0 saturated heterocycles. The van der Waals surface area contributed by atoms with Crippen molar-refractivity contribution < 1.29 is 9.47 Å². The van der Waals surface area contributed by atoms with Gasteiger partial charge in [0.15, 0.2) is 0 Å². The molecule has 0 bridgehead atoms. The third kappa shape index (κ3) is 3.80. The lowest BCUT2D eigenvalue weighted by Gasteiger charge is -2.13. The maximum Gasteiger partial charge on any atom is 0.130 e. The minimum Gasteiger partial charge on any atom is -0.491 e. The van der Waals surface area contributed by atoms with E-state index in [-0.39, 0.29) is 6.04 Å². The zero-order chi connectivity index (χ0) is 16.9. The predicted octanol–water partition coefficient (Wildman–Crippen LogP) is 3.88. The summed E-state index contributed by atoms with van der Waals surface area (Å²) >= 11 is 0. The Bertz CT molecular complexity index is 836. The van der Waals surface area contributed by atoms with Crippen LogP contribution in [-0.4, -0.2) is 11.6 Å². The lowest BCUT2D eigenvalue weighted by Crippen LogP contribution is -2.21. The van der Waals surface area contributed by atoms with E-state index in [1.807, 2.05) is 48.5 Å². The van der Waals surface area contributed by atoms with Crippen molar-refractivity contribution in [1.82, 2.24) is 10.3 Å². The largest absolute Gasteiger partial charge is 0.491 e. The Morgan fingerprint density at radius 3 is 2.88 bits per heavy atom. The molecule has 25 heavy (non-hydrogen) atoms. The van der Waals surface area contributed by atoms with E-state index in [1.165, 1.54) is 11.1 Å². The SMILES string of the molecule is c1ccc(COc2cccc(CNC3COc4ccccc43)c2)nc1. The first kappa shape index (κ1) is 15.7. The fraction of sp³-hybridized carbons (Fsp3) is 0.190. The molecule has 1 unspecified atom stereocenters. The van der Waals surface area contributed by atoms with Gasteiger partial charge in [0.05, 0.1) is 11.7 Å². The molecule has 0 aliphatic carbocycles. The summed E-state index contributed by atoms with van der Waals surface area (Å²) in [7, 11) is 0. The zero-order valence-electron chi connectivity index (χ0n) is 13.9. The van der Waals surface area contributed by atoms with Crippen LogP contribution in [0.15, 0.2) is 72.9 Å². The Balaban J connectivity index is 1.36. The van der Waals surface area contributed by atoms with Gasteiger partial charge in [-0.3, -0.25) is 4.98 Å². The van der Waals surface area contributed by atoms with E-state index < -0.39 is 0 Å². The van der Waals surface area contributed by atoms with E-state index in [1.54, 1.807) is 6.20 Å². The van der Waals surface area contributed by atoms with E-state index in [9.17, 15) is 0 Å². The smallest absolute Gasteiger partial charge is 0.130 e. The molecular formula is C21H20N2O2. The molecule has 1 aliphatic rings. The van der Waals surface area contributed by atoms with Crippen LogP contribution < -0.4 is 14.8 Å². The lowest BCUT2D eigenvalue weighted by molar-refractivity contribution is 0.300. The van der Waals surface area contributed by atoms with Gasteiger partial charge >= 0.3 is 0 Å². The standard InChI is InChI=1S/C21H20N2O2/c1-2-10-21-19(9-1)20(15-25-21)23-13-16-6-5-8-18(12-16)24-14-17-7-3-4-11-22-17/h1-12,20,23H,13-15H2. The summed E-state index contributed by atoms with van der Waals surface area (Å²) in [6.07, 6.45) is 1.78. The van der Waals surface area contributed by atoms with Gasteiger partial charge in [-0.2, -0.15) is 0 Å². The van der Waals surface area contributed by atoms with Crippen LogP contribution in [0, 0.1) is 0 Å². The van der Waals surface area contributed by atoms with Crippen molar-refractivity contribution in [1.29, 1.82) is 0 Å². The number of rotatable bonds is 6. The molecular weight excluding hydrogens is 312 g/mol. The second kappa shape index (κ2) is 7.36. The number of hydrogen-bond donors (Lipinski definition) is 1. The molecule has 2 aromatic carbocycles. The highest BCUT2D eigenvalue weighted by Gasteiger charge is 2.22. The maximum absolute atomic E-state index is 5.85. The summed E-state index contributed by atoms with van der Waals surface area (Å²) < 4.78 is 11.6. The molecule has 0 spiro atoms. The summed E-state index contributed by atoms with van der Waals surface area (Å²) in [4.78, 5) is 4.27. The van der Waals surface area contributed by atoms with Gasteiger partial charge in [0.2, 0.25) is 0 Å². The number of hydrogen-bond acceptors (Lipinski definition) is 4. The first-order chi connectivity index (χ1) is 12.4. The van der Waals surface area contributed by atoms with Gasteiger partial charge in [0.1, 0.15) is 24.7 Å². The van der Waals surface area contributed by atoms with E-state index in [0.29, 0.717) is 13.2 Å². The molecule has 0 fully saturated rings. The second-order valence-corrected chi connectivity index (χ2v) is 6.04. The van der Waals surface area contributed by atoms with E-state index in [2.05, 4.69) is 28.5 Å². The van der Waals surface area contributed by atoms with Crippen LogP contribution in [0.3, 0.4) is 0 Å². The minimum absolute atomic E-state index is 0.231. The van der Waals surface area contributed by atoms with Gasteiger partial charge in [-0.1, -0.05) is 36.4 Å². The Labute approximate surface area is 147 Å². The normalized spacial score (nSPS) is 15.4. The number of nitrogens with zero attached hydrogens (tertiary/aromatic N) is 1. The first-order valence-electron chi connectivity index (χ1n) is 8.45. The molecule has 1 N–H and O–H groups in total. The Morgan fingerprint density at radius 2 is 1.96 bits per heavy atom. The van der Waals surface area contributed by atoms with Crippen molar-refractivity contribution in [2.75, 3.05) is 6.61 Å². The van der Waals surface area contributed by atoms with Gasteiger partial charge < -0.3 is 14.8 Å². The van der Waals surface area contributed by atoms with E-state index in [0.717, 1.165) is 23.7 Å². The third-order valence-electron chi connectivity index (χ3n) is 4.26. The lowest BCUT2D eigenvalue weighted by atomic mass is 10.1. The molecule has 2 heterocycles. The van der Waals surface area contributed by atoms with Crippen LogP contribution in [0.1, 0.15) is 22.9 Å². The molecule has 1 aromatic heterocycles. The van der Waals surface area contributed by atoms with Crippen LogP contribution in [0.25, 0.3) is 0 Å². The summed E-state index contributed by atoms with van der Waals surface area (Å²) in [5.41, 5.74) is 3.33. The first-order valence-corrected chi connectivity index (χ1v) is 8.45. The van der Waals surface area contributed by atoms with Gasteiger partial charge in [-0.05, 0) is 35.9 Å². The summed E-state index contributed by atoms with van der Waals surface area (Å²) in [5.74, 6) is 1.83. The highest BCUT2D eigenvalue weighted by atomic mass is 16.5. The molecule has 4 heteroatoms. The van der Waals surface area contributed by atoms with E-state index >= 15 is 0 Å². The molecule has 1 atom stereocenters. The topological polar surface area (TPSA) is 43.4 Å². The Hall–Kier alpha value is -2.85. The summed E-state index contributed by atoms with van der Waals surface area (Å²) in [6.45, 7) is 1.92. The van der Waals surface area contributed by atoms with E-state index in [4.69, 9.17) is 9.47 Å². The Morgan fingerprint density at radius 1 is 1.04 bits per heavy atom. The molecule has 4 rings (SSSR count). The highest BCUT2D eigenvalue weighted by Crippen LogP contribution is 2.31. The van der Waals surface area contributed by atoms with Gasteiger partial charge in [0, 0.05) is 18.3 Å². The fourth-order valence-electron chi connectivity index (χ4n) is 2.96. The van der Waals surface area contributed by atoms with Gasteiger partial charge in [0.25, 0.3) is 0 Å². The van der Waals surface area contributed by atoms with Crippen molar-refractivity contribution in [2.24, 2.45) is 0 Å². The molecule has 1 aliphatic heterocycles. The van der Waals surface area contributed by atoms with Crippen molar-refractivity contribution in [3.63, 3.8) is 0 Å². The summed E-state index contributed by atoms with van der Waals surface area (Å²) in [6, 6.07) is 22.4. The third-order valence-corrected chi connectivity index (χ3v) is 4.26. The average Bonchev–Trinajstić information content (AvgIpc) is 3.09. The number of nitrogens with one attached hydrogen (secondary N) is 1. The zero-order valence-corrected chi connectivity index (χ0v) is 13.9. The number of benzene rings is 2. The monoisotopic (exact) mass is 332 g/mol. The fourth-order valence-corrected chi connectivity index (χ4v) is 2.96. The second-order valence-electron chi connectivity index (χ2n) is 6.04. The molecule has 3 aromatic rings. The number of aromatic nitrogens is 1. The quantitative estimate of drug-likeness (QED) is 0.744. The van der Waals surface area contributed by atoms with Crippen LogP contribution in [0.4, 0.5) is 0 Å². The van der Waals surface area contributed by atoms with Crippen LogP contribution in [0.2, 0.25) is 0 Å². The predicted molar refractivity (Wildman–Crippen MR) is 96.5 cm³/mol. The molecule has 0 saturated carbocycles. The van der Waals surface area contributed by atoms with Crippen LogP contribution in [-0.2, 0) is 13.2 Å². The van der Waals surface area contributed by atoms with Gasteiger partial charge in [-0.25, -0.2) is 0 Å². The van der Waals surface area contributed by atoms with Crippen molar-refractivity contribution >= 4 is 0 Å². The molecule has 126 valence electrons. The van der Waals surface area contributed by atoms with Gasteiger partial charge in [-0.15, -0.1) is 0 Å². The van der Waals surface area contributed by atoms with Crippen LogP contribution in [0.5, 0.6) is 11.5 Å². The van der Waals surface area contributed by atoms with Crippen LogP contribution >= 0.6 is 0 Å². The molecule has 0 radical (unpaired) electrons. The van der Waals surface area contributed by atoms with Crippen molar-refractivity contribution in [2.45, 2.75) is 19.2 Å². The summed E-state index contributed by atoms with van der Waals surface area (Å²) in [5, 5.41) is 3.56. The number of ether oxygens (including phenoxy) is 2. The minimum atomic E-state index is 0.231. The number of para-hydroxylation sites is 1. The molecule has 4 nitrogen and oxygen atoms in total. The number of pyridine rings is 1. The average molecular weight is 332 g/mol. The Kier molecular flexibility index (Phi) is 4.61.